The lowest BCUT2D eigenvalue weighted by Gasteiger charge is -2.49. The summed E-state index contributed by atoms with van der Waals surface area (Å²) < 4.78 is 6.64. The van der Waals surface area contributed by atoms with E-state index in [-0.39, 0.29) is 22.4 Å². The number of benzene rings is 2. The van der Waals surface area contributed by atoms with Crippen LogP contribution in [0.3, 0.4) is 0 Å². The zero-order valence-electron chi connectivity index (χ0n) is 23.9. The van der Waals surface area contributed by atoms with Crippen LogP contribution in [-0.2, 0) is 20.8 Å². The molecule has 0 aromatic heterocycles. The van der Waals surface area contributed by atoms with Gasteiger partial charge in [-0.15, -0.1) is 0 Å². The van der Waals surface area contributed by atoms with Crippen LogP contribution in [0.1, 0.15) is 70.4 Å². The largest absolute Gasteiger partial charge is 0.480 e. The first-order valence-electron chi connectivity index (χ1n) is 13.9. The van der Waals surface area contributed by atoms with Crippen molar-refractivity contribution in [2.75, 3.05) is 13.2 Å². The Balaban J connectivity index is 1.69. The van der Waals surface area contributed by atoms with Gasteiger partial charge < -0.3 is 14.7 Å². The van der Waals surface area contributed by atoms with E-state index in [4.69, 9.17) is 9.84 Å². The Morgan fingerprint density at radius 1 is 0.902 bits per heavy atom. The van der Waals surface area contributed by atoms with Crippen molar-refractivity contribution in [3.05, 3.63) is 85.1 Å². The van der Waals surface area contributed by atoms with Crippen LogP contribution in [0.2, 0.25) is 0 Å². The van der Waals surface area contributed by atoms with Crippen LogP contribution in [-0.4, -0.2) is 40.7 Å². The van der Waals surface area contributed by atoms with Crippen molar-refractivity contribution in [3.8, 4) is 5.75 Å². The van der Waals surface area contributed by atoms with Crippen LogP contribution < -0.4 is 4.74 Å². The molecule has 2 aromatic rings. The van der Waals surface area contributed by atoms with E-state index in [0.29, 0.717) is 45.2 Å². The fraction of sp³-hybridized carbons (Fsp3) is 0.424. The average Bonchev–Trinajstić information content (AvgIpc) is 2.85. The minimum atomic E-state index is -1.08. The second-order valence-electron chi connectivity index (χ2n) is 12.9. The Bertz CT molecular complexity index is 1410. The Labute approximate surface area is 258 Å². The normalized spacial score (nSPS) is 20.2. The Morgan fingerprint density at radius 2 is 1.41 bits per heavy atom. The predicted octanol–water partition coefficient (Wildman–Crippen LogP) is 7.60. The lowest BCUT2D eigenvalue weighted by Crippen LogP contribution is -2.45. The van der Waals surface area contributed by atoms with Crippen molar-refractivity contribution in [1.82, 2.24) is 4.90 Å². The zero-order chi connectivity index (χ0) is 29.7. The third kappa shape index (κ3) is 6.09. The molecule has 5 rings (SSSR count). The van der Waals surface area contributed by atoms with Gasteiger partial charge in [-0.3, -0.25) is 9.59 Å². The van der Waals surface area contributed by atoms with Gasteiger partial charge in [0.1, 0.15) is 5.75 Å². The molecule has 0 unspecified atom stereocenters. The smallest absolute Gasteiger partial charge is 0.341 e. The number of aliphatic carboxylic acids is 1. The van der Waals surface area contributed by atoms with Gasteiger partial charge in [-0.05, 0) is 85.2 Å². The molecular weight excluding hydrogens is 650 g/mol. The molecule has 0 saturated carbocycles. The summed E-state index contributed by atoms with van der Waals surface area (Å²) in [6.45, 7) is 8.77. The Morgan fingerprint density at radius 3 is 1.90 bits per heavy atom. The second kappa shape index (κ2) is 11.2. The van der Waals surface area contributed by atoms with E-state index in [9.17, 15) is 14.4 Å². The van der Waals surface area contributed by atoms with Crippen LogP contribution >= 0.6 is 31.9 Å². The predicted molar refractivity (Wildman–Crippen MR) is 165 cm³/mol. The Kier molecular flexibility index (Phi) is 8.11. The summed E-state index contributed by atoms with van der Waals surface area (Å²) >= 11 is 7.12. The number of nitrogens with zero attached hydrogens (tertiary/aromatic N) is 1. The average molecular weight is 685 g/mol. The highest BCUT2D eigenvalue weighted by atomic mass is 79.9. The molecule has 216 valence electrons. The standard InChI is InChI=1S/C33H35Br2NO5/c1-32(2)14-23-29(25(37)16-32)28(20-12-21(34)31(22(35)13-20)41-18-27(39)40)30-24(15-33(3,4)17-26(30)38)36(23)11-10-19-8-6-5-7-9-19/h5-9,12-13,28H,10-11,14-18H2,1-4H3,(H,39,40). The molecule has 1 N–H and O–H groups in total. The zero-order valence-corrected chi connectivity index (χ0v) is 27.0. The molecule has 2 aliphatic carbocycles. The molecule has 0 fully saturated rings. The van der Waals surface area contributed by atoms with Crippen LogP contribution in [0.4, 0.5) is 0 Å². The third-order valence-corrected chi connectivity index (χ3v) is 9.36. The van der Waals surface area contributed by atoms with E-state index in [1.165, 1.54) is 5.56 Å². The number of allylic oxidation sites excluding steroid dienone is 4. The van der Waals surface area contributed by atoms with E-state index >= 15 is 0 Å². The first kappa shape index (κ1) is 29.8. The number of carboxylic acids is 1. The van der Waals surface area contributed by atoms with Gasteiger partial charge in [-0.2, -0.15) is 0 Å². The minimum Gasteiger partial charge on any atom is -0.480 e. The van der Waals surface area contributed by atoms with Gasteiger partial charge in [0.15, 0.2) is 18.2 Å². The second-order valence-corrected chi connectivity index (χ2v) is 14.6. The number of Topliss-reactive ketones (excluding diaryl/α,β-unsaturated/α-hetero) is 2. The topological polar surface area (TPSA) is 83.9 Å². The van der Waals surface area contributed by atoms with Gasteiger partial charge in [0.05, 0.1) is 8.95 Å². The molecule has 3 aliphatic rings. The minimum absolute atomic E-state index is 0.0774. The summed E-state index contributed by atoms with van der Waals surface area (Å²) in [7, 11) is 0. The van der Waals surface area contributed by atoms with E-state index < -0.39 is 18.5 Å². The number of carbonyl (C=O) groups excluding carboxylic acids is 2. The van der Waals surface area contributed by atoms with Crippen LogP contribution in [0, 0.1) is 10.8 Å². The molecule has 0 spiro atoms. The fourth-order valence-corrected chi connectivity index (χ4v) is 8.01. The lowest BCUT2D eigenvalue weighted by molar-refractivity contribution is -0.139. The van der Waals surface area contributed by atoms with Crippen molar-refractivity contribution in [1.29, 1.82) is 0 Å². The van der Waals surface area contributed by atoms with Gasteiger partial charge in [-0.25, -0.2) is 4.79 Å². The molecule has 0 radical (unpaired) electrons. The monoisotopic (exact) mass is 683 g/mol. The highest BCUT2D eigenvalue weighted by Crippen LogP contribution is 2.55. The van der Waals surface area contributed by atoms with Crippen molar-refractivity contribution >= 4 is 49.4 Å². The van der Waals surface area contributed by atoms with Gasteiger partial charge in [0.2, 0.25) is 0 Å². The molecule has 2 aromatic carbocycles. The van der Waals surface area contributed by atoms with Crippen LogP contribution in [0.5, 0.6) is 5.75 Å². The number of carbonyl (C=O) groups is 3. The molecule has 0 atom stereocenters. The van der Waals surface area contributed by atoms with Gasteiger partial charge in [0, 0.05) is 47.8 Å². The fourth-order valence-electron chi connectivity index (χ4n) is 6.55. The number of rotatable bonds is 7. The maximum absolute atomic E-state index is 14.0. The van der Waals surface area contributed by atoms with Crippen molar-refractivity contribution < 1.29 is 24.2 Å². The lowest BCUT2D eigenvalue weighted by atomic mass is 9.63. The van der Waals surface area contributed by atoms with Crippen LogP contribution in [0.25, 0.3) is 0 Å². The van der Waals surface area contributed by atoms with E-state index in [0.717, 1.165) is 36.2 Å². The van der Waals surface area contributed by atoms with E-state index in [1.807, 2.05) is 30.3 Å². The number of ketones is 2. The molecule has 8 heteroatoms. The van der Waals surface area contributed by atoms with E-state index in [2.05, 4.69) is 76.6 Å². The van der Waals surface area contributed by atoms with Gasteiger partial charge in [0.25, 0.3) is 0 Å². The first-order chi connectivity index (χ1) is 19.3. The van der Waals surface area contributed by atoms with Gasteiger partial charge in [-0.1, -0.05) is 58.0 Å². The summed E-state index contributed by atoms with van der Waals surface area (Å²) in [5.41, 5.74) is 5.08. The van der Waals surface area contributed by atoms with Crippen molar-refractivity contribution in [3.63, 3.8) is 0 Å². The molecule has 1 aliphatic heterocycles. The van der Waals surface area contributed by atoms with E-state index in [1.54, 1.807) is 0 Å². The summed E-state index contributed by atoms with van der Waals surface area (Å²) in [6.07, 6.45) is 3.12. The molecule has 6 nitrogen and oxygen atoms in total. The highest BCUT2D eigenvalue weighted by Gasteiger charge is 2.49. The molecule has 0 bridgehead atoms. The number of ether oxygens (including phenoxy) is 1. The summed E-state index contributed by atoms with van der Waals surface area (Å²) in [6, 6.07) is 14.0. The van der Waals surface area contributed by atoms with Crippen molar-refractivity contribution in [2.45, 2.75) is 65.7 Å². The first-order valence-corrected chi connectivity index (χ1v) is 15.5. The molecular formula is C33H35Br2NO5. The van der Waals surface area contributed by atoms with Gasteiger partial charge >= 0.3 is 5.97 Å². The van der Waals surface area contributed by atoms with Crippen LogP contribution in [0.15, 0.2) is 74.0 Å². The number of hydrogen-bond donors (Lipinski definition) is 1. The van der Waals surface area contributed by atoms with Crippen molar-refractivity contribution in [2.24, 2.45) is 10.8 Å². The molecule has 0 saturated heterocycles. The molecule has 0 amide bonds. The summed E-state index contributed by atoms with van der Waals surface area (Å²) in [5.74, 6) is -1.05. The summed E-state index contributed by atoms with van der Waals surface area (Å²) in [4.78, 5) is 41.5. The summed E-state index contributed by atoms with van der Waals surface area (Å²) in [5, 5.41) is 9.11. The number of carboxylic acid groups (broad SMARTS) is 1. The number of hydrogen-bond acceptors (Lipinski definition) is 5. The third-order valence-electron chi connectivity index (χ3n) is 8.18. The maximum atomic E-state index is 14.0. The maximum Gasteiger partial charge on any atom is 0.341 e. The Hall–Kier alpha value is -2.71. The highest BCUT2D eigenvalue weighted by molar-refractivity contribution is 9.11. The molecule has 1 heterocycles. The number of halogens is 2. The SMILES string of the molecule is CC1(C)CC(=O)C2=C(C1)N(CCc1ccccc1)C1=C(C(=O)CC(C)(C)C1)C2c1cc(Br)c(OCC(=O)O)c(Br)c1. The quantitative estimate of drug-likeness (QED) is 0.323. The molecule has 41 heavy (non-hydrogen) atoms.